The van der Waals surface area contributed by atoms with E-state index < -0.39 is 0 Å². The Morgan fingerprint density at radius 3 is 0.412 bits per heavy atom. The van der Waals surface area contributed by atoms with Crippen molar-refractivity contribution in [2.24, 2.45) is 0 Å². The number of hydrogen-bond donors (Lipinski definition) is 0. The summed E-state index contributed by atoms with van der Waals surface area (Å²) in [7, 11) is 0. The summed E-state index contributed by atoms with van der Waals surface area (Å²) >= 11 is 0. The monoisotopic (exact) mass is 1660 g/mol. The van der Waals surface area contributed by atoms with Gasteiger partial charge in [-0.05, 0) is 62.8 Å². The summed E-state index contributed by atoms with van der Waals surface area (Å²) in [6, 6.07) is 8.35. The molecule has 0 atom stereocenters. The van der Waals surface area contributed by atoms with Crippen LogP contribution in [0.4, 0.5) is 0 Å². The lowest BCUT2D eigenvalue weighted by molar-refractivity contribution is 0.234. The van der Waals surface area contributed by atoms with Crippen molar-refractivity contribution in [3.8, 4) is 57.4 Å². The van der Waals surface area contributed by atoms with E-state index in [1.807, 2.05) is 0 Å². The van der Waals surface area contributed by atoms with Gasteiger partial charge < -0.3 is 32.8 Å². The Kier molecular flexibility index (Phi) is 80.9. The number of aromatic nitrogens is 2. The molecule has 3 rings (SSSR count). The van der Waals surface area contributed by atoms with Gasteiger partial charge in [-0.1, -0.05) is 542 Å². The molecule has 9 heteroatoms. The summed E-state index contributed by atoms with van der Waals surface area (Å²) in [5.41, 5.74) is 1.55. The van der Waals surface area contributed by atoms with E-state index in [9.17, 15) is 0 Å². The van der Waals surface area contributed by atoms with Gasteiger partial charge in [0, 0.05) is 11.1 Å². The highest BCUT2D eigenvalue weighted by molar-refractivity contribution is 5.69. The van der Waals surface area contributed by atoms with Crippen molar-refractivity contribution in [2.45, 2.75) is 581 Å². The van der Waals surface area contributed by atoms with Crippen molar-refractivity contribution >= 4 is 0 Å². The van der Waals surface area contributed by atoms with Gasteiger partial charge in [0.1, 0.15) is 0 Å². The fraction of sp³-hybridized carbons (Fsp3) is 0.873. The first kappa shape index (κ1) is 110. The van der Waals surface area contributed by atoms with Gasteiger partial charge in [-0.25, -0.2) is 0 Å². The standard InChI is InChI=1S/C110H202N2O7/c1-7-13-19-25-31-37-43-49-55-61-67-73-79-85-91-113-103-97-101(98-104(114-92-86-80-74-68-62-56-50-44-38-32-26-20-14-8-2)107(103)117-95-89-83-77-71-65-59-53-47-41-35-29-23-17-11-5)109-111-112-110(119-109)102-99-105(115-93-87-81-75-69-63-57-51-45-39-33-27-21-15-9-3)108(118-96-90-84-78-72-66-60-54-48-42-36-30-24-18-12-6)106(100-102)116-94-88-82-76-70-64-58-52-46-40-34-28-22-16-10-4/h97-100H,7-96H2,1-6H3. The molecule has 0 spiro atoms. The van der Waals surface area contributed by atoms with Crippen LogP contribution in [-0.4, -0.2) is 49.8 Å². The quantitative estimate of drug-likeness (QED) is 0.0512. The Balaban J connectivity index is 1.96. The van der Waals surface area contributed by atoms with Gasteiger partial charge in [0.15, 0.2) is 23.0 Å². The molecule has 0 aliphatic heterocycles. The largest absolute Gasteiger partial charge is 0.490 e. The highest BCUT2D eigenvalue weighted by Gasteiger charge is 2.24. The van der Waals surface area contributed by atoms with Crippen molar-refractivity contribution in [3.63, 3.8) is 0 Å². The number of nitrogens with zero attached hydrogens (tertiary/aromatic N) is 2. The molecule has 0 N–H and O–H groups in total. The first-order chi connectivity index (χ1) is 59.1. The summed E-state index contributed by atoms with van der Waals surface area (Å²) in [5.74, 6) is 5.10. The van der Waals surface area contributed by atoms with Crippen molar-refractivity contribution in [3.05, 3.63) is 24.3 Å². The molecule has 0 aliphatic carbocycles. The second-order valence-corrected chi connectivity index (χ2v) is 37.2. The lowest BCUT2D eigenvalue weighted by atomic mass is 10.0. The Bertz CT molecular complexity index is 2250. The highest BCUT2D eigenvalue weighted by Crippen LogP contribution is 2.45. The Hall–Kier alpha value is -3.62. The molecule has 0 fully saturated rings. The van der Waals surface area contributed by atoms with Crippen LogP contribution in [0.1, 0.15) is 581 Å². The fourth-order valence-corrected chi connectivity index (χ4v) is 17.4. The first-order valence-corrected chi connectivity index (χ1v) is 54.1. The van der Waals surface area contributed by atoms with Crippen LogP contribution in [0, 0.1) is 0 Å². The molecule has 119 heavy (non-hydrogen) atoms. The minimum atomic E-state index is 0.425. The van der Waals surface area contributed by atoms with Gasteiger partial charge in [0.05, 0.1) is 39.6 Å². The maximum Gasteiger partial charge on any atom is 0.248 e. The molecular formula is C110H202N2O7. The van der Waals surface area contributed by atoms with Gasteiger partial charge >= 0.3 is 0 Å². The predicted octanol–water partition coefficient (Wildman–Crippen LogP) is 38.6. The van der Waals surface area contributed by atoms with E-state index in [2.05, 4.69) is 65.8 Å². The zero-order valence-electron chi connectivity index (χ0n) is 80.7. The van der Waals surface area contributed by atoms with Crippen LogP contribution in [0.15, 0.2) is 28.7 Å². The molecular weight excluding hydrogens is 1460 g/mol. The summed E-state index contributed by atoms with van der Waals surface area (Å²) in [5, 5.41) is 9.77. The van der Waals surface area contributed by atoms with Crippen LogP contribution in [0.5, 0.6) is 34.5 Å². The fourth-order valence-electron chi connectivity index (χ4n) is 17.4. The van der Waals surface area contributed by atoms with Gasteiger partial charge in [-0.3, -0.25) is 0 Å². The minimum Gasteiger partial charge on any atom is -0.490 e. The molecule has 1 aromatic heterocycles. The molecule has 0 saturated heterocycles. The third-order valence-electron chi connectivity index (χ3n) is 25.5. The Labute approximate surface area is 740 Å². The molecule has 9 nitrogen and oxygen atoms in total. The third kappa shape index (κ3) is 66.5. The van der Waals surface area contributed by atoms with E-state index in [0.717, 1.165) is 88.2 Å². The average Bonchev–Trinajstić information content (AvgIpc) is 1.73. The van der Waals surface area contributed by atoms with Gasteiger partial charge in [0.2, 0.25) is 23.3 Å². The lowest BCUT2D eigenvalue weighted by Crippen LogP contribution is -2.07. The van der Waals surface area contributed by atoms with Crippen LogP contribution in [-0.2, 0) is 0 Å². The highest BCUT2D eigenvalue weighted by atomic mass is 16.5. The van der Waals surface area contributed by atoms with Crippen molar-refractivity contribution < 1.29 is 32.8 Å². The van der Waals surface area contributed by atoms with Crippen LogP contribution < -0.4 is 28.4 Å². The van der Waals surface area contributed by atoms with Crippen LogP contribution >= 0.6 is 0 Å². The molecule has 0 aliphatic rings. The zero-order valence-corrected chi connectivity index (χ0v) is 80.7. The minimum absolute atomic E-state index is 0.425. The Morgan fingerprint density at radius 1 is 0.160 bits per heavy atom. The van der Waals surface area contributed by atoms with Crippen molar-refractivity contribution in [1.29, 1.82) is 0 Å². The van der Waals surface area contributed by atoms with Crippen molar-refractivity contribution in [2.75, 3.05) is 39.6 Å². The second-order valence-electron chi connectivity index (χ2n) is 37.2. The van der Waals surface area contributed by atoms with Crippen molar-refractivity contribution in [1.82, 2.24) is 10.2 Å². The number of ether oxygens (including phenoxy) is 6. The smallest absolute Gasteiger partial charge is 0.248 e. The molecule has 2 aromatic carbocycles. The third-order valence-corrected chi connectivity index (χ3v) is 25.5. The summed E-state index contributed by atoms with van der Waals surface area (Å²) in [6.07, 6.45) is 111. The molecule has 0 bridgehead atoms. The summed E-state index contributed by atoms with van der Waals surface area (Å²) in [4.78, 5) is 0. The van der Waals surface area contributed by atoms with E-state index in [4.69, 9.17) is 43.0 Å². The number of rotatable bonds is 98. The maximum atomic E-state index is 6.95. The molecule has 3 aromatic rings. The molecule has 694 valence electrons. The van der Waals surface area contributed by atoms with E-state index in [1.54, 1.807) is 0 Å². The molecule has 1 heterocycles. The van der Waals surface area contributed by atoms with E-state index in [0.29, 0.717) is 85.9 Å². The SMILES string of the molecule is CCCCCCCCCCCCCCCCOc1cc(-c2nnc(-c3cc(OCCCCCCCCCCCCCCCC)c(OCCCCCCCCCCCCCCCC)c(OCCCCCCCCCCCCCCCC)c3)o2)cc(OCCCCCCCCCCCCCCCC)c1OCCCCCCCCCCCCCCCC. The second kappa shape index (κ2) is 87.8. The topological polar surface area (TPSA) is 94.3 Å². The maximum absolute atomic E-state index is 6.95. The van der Waals surface area contributed by atoms with E-state index in [-0.39, 0.29) is 0 Å². The van der Waals surface area contributed by atoms with Crippen LogP contribution in [0.2, 0.25) is 0 Å². The lowest BCUT2D eigenvalue weighted by Gasteiger charge is -2.19. The Morgan fingerprint density at radius 2 is 0.277 bits per heavy atom. The summed E-state index contributed by atoms with van der Waals surface area (Å²) in [6.45, 7) is 17.6. The number of hydrogen-bond acceptors (Lipinski definition) is 9. The summed E-state index contributed by atoms with van der Waals surface area (Å²) < 4.78 is 48.6. The van der Waals surface area contributed by atoms with E-state index >= 15 is 0 Å². The molecule has 0 saturated carbocycles. The van der Waals surface area contributed by atoms with Crippen LogP contribution in [0.25, 0.3) is 22.9 Å². The van der Waals surface area contributed by atoms with Gasteiger partial charge in [-0.2, -0.15) is 0 Å². The molecule has 0 radical (unpaired) electrons. The predicted molar refractivity (Wildman–Crippen MR) is 520 cm³/mol. The van der Waals surface area contributed by atoms with Gasteiger partial charge in [0.25, 0.3) is 0 Å². The van der Waals surface area contributed by atoms with Crippen LogP contribution in [0.3, 0.4) is 0 Å². The normalized spacial score (nSPS) is 11.6. The zero-order chi connectivity index (χ0) is 84.6. The molecule has 0 unspecified atom stereocenters. The van der Waals surface area contributed by atoms with E-state index in [1.165, 1.54) is 462 Å². The number of unbranched alkanes of at least 4 members (excludes halogenated alkanes) is 78. The first-order valence-electron chi connectivity index (χ1n) is 54.1. The average molecular weight is 1660 g/mol. The van der Waals surface area contributed by atoms with Gasteiger partial charge in [-0.15, -0.1) is 10.2 Å². The number of benzene rings is 2. The molecule has 0 amide bonds.